The van der Waals surface area contributed by atoms with Crippen LogP contribution >= 0.6 is 0 Å². The molecule has 0 spiro atoms. The third-order valence-corrected chi connectivity index (χ3v) is 5.91. The van der Waals surface area contributed by atoms with E-state index >= 15 is 0 Å². The minimum atomic E-state index is -1.26. The number of halogens is 1. The Bertz CT molecular complexity index is 1210. The Balaban J connectivity index is 0.000000459. The molecule has 1 aromatic heterocycles. The summed E-state index contributed by atoms with van der Waals surface area (Å²) in [5.74, 6) is -1.65. The molecule has 0 amide bonds. The lowest BCUT2D eigenvalue weighted by Crippen LogP contribution is -2.46. The molecule has 1 aliphatic heterocycles. The fourth-order valence-corrected chi connectivity index (χ4v) is 3.97. The van der Waals surface area contributed by atoms with Crippen LogP contribution in [0, 0.1) is 12.7 Å². The van der Waals surface area contributed by atoms with Crippen LogP contribution in [0.25, 0.3) is 11.4 Å². The van der Waals surface area contributed by atoms with Gasteiger partial charge in [-0.15, -0.1) is 0 Å². The summed E-state index contributed by atoms with van der Waals surface area (Å²) < 4.78 is 19.0. The first-order valence-corrected chi connectivity index (χ1v) is 12.7. The second kappa shape index (κ2) is 15.2. The Morgan fingerprint density at radius 3 is 2.18 bits per heavy atom. The van der Waals surface area contributed by atoms with Gasteiger partial charge in [-0.3, -0.25) is 4.90 Å². The Hall–Kier alpha value is -4.31. The number of aliphatic carboxylic acids is 2. The van der Waals surface area contributed by atoms with Crippen LogP contribution in [-0.4, -0.2) is 76.4 Å². The Kier molecular flexibility index (Phi) is 11.4. The van der Waals surface area contributed by atoms with Gasteiger partial charge in [0.25, 0.3) is 0 Å². The van der Waals surface area contributed by atoms with Crippen molar-refractivity contribution in [3.63, 3.8) is 0 Å². The molecule has 2 aromatic carbocycles. The molecule has 206 valence electrons. The number of rotatable bonds is 10. The van der Waals surface area contributed by atoms with Crippen LogP contribution in [0.4, 0.5) is 10.1 Å². The zero-order chi connectivity index (χ0) is 28.0. The normalized spacial score (nSPS) is 13.5. The number of nitrogens with zero attached hydrogens (tertiary/aromatic N) is 4. The van der Waals surface area contributed by atoms with E-state index in [2.05, 4.69) is 50.1 Å². The number of para-hydroxylation sites is 1. The second-order valence-electron chi connectivity index (χ2n) is 8.91. The van der Waals surface area contributed by atoms with Crippen molar-refractivity contribution in [3.8, 4) is 17.3 Å². The molecule has 0 atom stereocenters. The smallest absolute Gasteiger partial charge is 0.328 e. The van der Waals surface area contributed by atoms with E-state index < -0.39 is 11.9 Å². The largest absolute Gasteiger partial charge is 0.478 e. The Morgan fingerprint density at radius 2 is 1.56 bits per heavy atom. The second-order valence-corrected chi connectivity index (χ2v) is 8.91. The number of carbonyl (C=O) groups is 2. The maximum absolute atomic E-state index is 13.2. The first-order chi connectivity index (χ1) is 18.8. The molecule has 0 saturated carbocycles. The predicted octanol–water partition coefficient (Wildman–Crippen LogP) is 4.28. The maximum atomic E-state index is 13.2. The zero-order valence-electron chi connectivity index (χ0n) is 21.9. The summed E-state index contributed by atoms with van der Waals surface area (Å²) in [5.41, 5.74) is 2.93. The highest BCUT2D eigenvalue weighted by Gasteiger charge is 2.16. The van der Waals surface area contributed by atoms with Gasteiger partial charge in [0, 0.05) is 61.3 Å². The quantitative estimate of drug-likeness (QED) is 0.289. The van der Waals surface area contributed by atoms with Crippen LogP contribution in [-0.2, 0) is 9.59 Å². The first kappa shape index (κ1) is 29.2. The van der Waals surface area contributed by atoms with Crippen LogP contribution in [0.15, 0.2) is 72.8 Å². The number of hydrogen-bond acceptors (Lipinski definition) is 7. The van der Waals surface area contributed by atoms with E-state index in [1.165, 1.54) is 17.8 Å². The lowest BCUT2D eigenvalue weighted by molar-refractivity contribution is -0.134. The van der Waals surface area contributed by atoms with E-state index in [0.29, 0.717) is 30.5 Å². The number of ether oxygens (including phenoxy) is 1. The van der Waals surface area contributed by atoms with Crippen LogP contribution in [0.2, 0.25) is 0 Å². The van der Waals surface area contributed by atoms with E-state index in [9.17, 15) is 14.0 Å². The van der Waals surface area contributed by atoms with Crippen molar-refractivity contribution in [2.45, 2.75) is 19.8 Å². The summed E-state index contributed by atoms with van der Waals surface area (Å²) in [6, 6.07) is 18.7. The minimum absolute atomic E-state index is 0.269. The van der Waals surface area contributed by atoms with Gasteiger partial charge in [0.1, 0.15) is 5.82 Å². The molecule has 1 fully saturated rings. The SMILES string of the molecule is Cc1cc(OCCCCN2CCN(c3ccccc3)CC2)nc(-c2ccc(F)cc2)n1.O=C(O)/C=C\C(=O)O. The number of unbranched alkanes of at least 4 members (excludes halogenated alkanes) is 1. The minimum Gasteiger partial charge on any atom is -0.478 e. The average molecular weight is 537 g/mol. The van der Waals surface area contributed by atoms with Crippen LogP contribution < -0.4 is 9.64 Å². The molecule has 0 radical (unpaired) electrons. The lowest BCUT2D eigenvalue weighted by atomic mass is 10.2. The van der Waals surface area contributed by atoms with E-state index in [4.69, 9.17) is 14.9 Å². The molecule has 0 aliphatic carbocycles. The topological polar surface area (TPSA) is 116 Å². The predicted molar refractivity (Wildman–Crippen MR) is 146 cm³/mol. The molecule has 2 heterocycles. The van der Waals surface area contributed by atoms with Crippen LogP contribution in [0.1, 0.15) is 18.5 Å². The van der Waals surface area contributed by atoms with Crippen molar-refractivity contribution in [1.82, 2.24) is 14.9 Å². The summed E-state index contributed by atoms with van der Waals surface area (Å²) in [6.07, 6.45) is 3.19. The summed E-state index contributed by atoms with van der Waals surface area (Å²) >= 11 is 0. The van der Waals surface area contributed by atoms with Gasteiger partial charge in [-0.25, -0.2) is 19.0 Å². The van der Waals surface area contributed by atoms with Crippen molar-refractivity contribution in [3.05, 3.63) is 84.3 Å². The van der Waals surface area contributed by atoms with Crippen molar-refractivity contribution < 1.29 is 28.9 Å². The molecule has 9 nitrogen and oxygen atoms in total. The van der Waals surface area contributed by atoms with Gasteiger partial charge in [-0.05, 0) is 62.7 Å². The number of carboxylic acids is 2. The fraction of sp³-hybridized carbons (Fsp3) is 0.310. The van der Waals surface area contributed by atoms with Crippen molar-refractivity contribution in [2.24, 2.45) is 0 Å². The van der Waals surface area contributed by atoms with Crippen molar-refractivity contribution in [1.29, 1.82) is 0 Å². The number of aryl methyl sites for hydroxylation is 1. The lowest BCUT2D eigenvalue weighted by Gasteiger charge is -2.36. The van der Waals surface area contributed by atoms with E-state index in [1.54, 1.807) is 12.1 Å². The summed E-state index contributed by atoms with van der Waals surface area (Å²) in [4.78, 5) is 33.0. The van der Waals surface area contributed by atoms with Crippen molar-refractivity contribution >= 4 is 17.6 Å². The number of benzene rings is 2. The van der Waals surface area contributed by atoms with E-state index in [0.717, 1.165) is 56.8 Å². The first-order valence-electron chi connectivity index (χ1n) is 12.7. The highest BCUT2D eigenvalue weighted by Crippen LogP contribution is 2.20. The molecule has 1 aliphatic rings. The monoisotopic (exact) mass is 536 g/mol. The molecule has 39 heavy (non-hydrogen) atoms. The van der Waals surface area contributed by atoms with Gasteiger partial charge < -0.3 is 19.8 Å². The van der Waals surface area contributed by atoms with Gasteiger partial charge in [0.15, 0.2) is 5.82 Å². The van der Waals surface area contributed by atoms with E-state index in [1.807, 2.05) is 13.0 Å². The number of piperazine rings is 1. The molecule has 10 heteroatoms. The molecule has 0 unspecified atom stereocenters. The average Bonchev–Trinajstić information content (AvgIpc) is 2.93. The van der Waals surface area contributed by atoms with Crippen LogP contribution in [0.3, 0.4) is 0 Å². The molecular weight excluding hydrogens is 503 g/mol. The Morgan fingerprint density at radius 1 is 0.923 bits per heavy atom. The number of aromatic nitrogens is 2. The summed E-state index contributed by atoms with van der Waals surface area (Å²) in [7, 11) is 0. The molecular formula is C29H33FN4O5. The van der Waals surface area contributed by atoms with Crippen LogP contribution in [0.5, 0.6) is 5.88 Å². The van der Waals surface area contributed by atoms with Gasteiger partial charge in [0.05, 0.1) is 6.61 Å². The highest BCUT2D eigenvalue weighted by atomic mass is 19.1. The highest BCUT2D eigenvalue weighted by molar-refractivity contribution is 5.89. The van der Waals surface area contributed by atoms with Gasteiger partial charge >= 0.3 is 11.9 Å². The molecule has 4 rings (SSSR count). The number of anilines is 1. The zero-order valence-corrected chi connectivity index (χ0v) is 21.9. The standard InChI is InChI=1S/C25H29FN4O.C4H4O4/c1-20-19-24(28-25(27-20)21-9-11-22(26)12-10-21)31-18-6-5-13-29-14-16-30(17-15-29)23-7-3-2-4-8-23;5-3(6)1-2-4(7)8/h2-4,7-12,19H,5-6,13-18H2,1H3;1-2H,(H,5,6)(H,7,8)/b;2-1-. The van der Waals surface area contributed by atoms with E-state index in [-0.39, 0.29) is 5.82 Å². The number of hydrogen-bond donors (Lipinski definition) is 2. The van der Waals surface area contributed by atoms with Gasteiger partial charge in [-0.2, -0.15) is 4.98 Å². The molecule has 0 bridgehead atoms. The third kappa shape index (κ3) is 10.5. The van der Waals surface area contributed by atoms with Crippen molar-refractivity contribution in [2.75, 3.05) is 44.2 Å². The van der Waals surface area contributed by atoms with Gasteiger partial charge in [0.2, 0.25) is 5.88 Å². The summed E-state index contributed by atoms with van der Waals surface area (Å²) in [6.45, 7) is 7.99. The molecule has 1 saturated heterocycles. The number of carboxylic acid groups (broad SMARTS) is 2. The molecule has 2 N–H and O–H groups in total. The van der Waals surface area contributed by atoms with Gasteiger partial charge in [-0.1, -0.05) is 18.2 Å². The fourth-order valence-electron chi connectivity index (χ4n) is 3.97. The third-order valence-electron chi connectivity index (χ3n) is 5.91. The summed E-state index contributed by atoms with van der Waals surface area (Å²) in [5, 5.41) is 15.6. The Labute approximate surface area is 227 Å². The molecule has 3 aromatic rings. The maximum Gasteiger partial charge on any atom is 0.328 e.